The highest BCUT2D eigenvalue weighted by molar-refractivity contribution is 4.93. The average Bonchev–Trinajstić information content (AvgIpc) is 3.10. The first kappa shape index (κ1) is 12.9. The van der Waals surface area contributed by atoms with E-state index in [4.69, 9.17) is 15.2 Å². The molecule has 3 atom stereocenters. The van der Waals surface area contributed by atoms with Gasteiger partial charge < -0.3 is 15.2 Å². The van der Waals surface area contributed by atoms with Crippen LogP contribution in [0, 0.1) is 5.92 Å². The Morgan fingerprint density at radius 1 is 1.06 bits per heavy atom. The summed E-state index contributed by atoms with van der Waals surface area (Å²) in [6, 6.07) is 0. The van der Waals surface area contributed by atoms with Gasteiger partial charge in [0.1, 0.15) is 0 Å². The van der Waals surface area contributed by atoms with Crippen molar-refractivity contribution >= 4 is 0 Å². The lowest BCUT2D eigenvalue weighted by molar-refractivity contribution is -0.0865. The van der Waals surface area contributed by atoms with Crippen molar-refractivity contribution in [3.8, 4) is 0 Å². The van der Waals surface area contributed by atoms with Gasteiger partial charge in [-0.1, -0.05) is 19.3 Å². The van der Waals surface area contributed by atoms with Crippen molar-refractivity contribution in [1.29, 1.82) is 0 Å². The van der Waals surface area contributed by atoms with Crippen LogP contribution in [0.15, 0.2) is 0 Å². The molecule has 104 valence electrons. The monoisotopic (exact) mass is 253 g/mol. The molecule has 0 aromatic rings. The summed E-state index contributed by atoms with van der Waals surface area (Å²) >= 11 is 0. The lowest BCUT2D eigenvalue weighted by atomic mass is 9.98. The SMILES string of the molecule is NCC1CCCC1OCC1CCC2(CCCC2)O1. The van der Waals surface area contributed by atoms with E-state index in [1.54, 1.807) is 0 Å². The van der Waals surface area contributed by atoms with Crippen LogP contribution < -0.4 is 5.73 Å². The van der Waals surface area contributed by atoms with E-state index in [2.05, 4.69) is 0 Å². The molecule has 3 fully saturated rings. The molecule has 3 heteroatoms. The molecule has 1 saturated heterocycles. The molecule has 2 saturated carbocycles. The van der Waals surface area contributed by atoms with Gasteiger partial charge in [-0.3, -0.25) is 0 Å². The van der Waals surface area contributed by atoms with E-state index in [0.29, 0.717) is 18.1 Å². The Kier molecular flexibility index (Phi) is 3.92. The van der Waals surface area contributed by atoms with Gasteiger partial charge in [0.05, 0.1) is 24.4 Å². The average molecular weight is 253 g/mol. The minimum Gasteiger partial charge on any atom is -0.375 e. The predicted molar refractivity (Wildman–Crippen MR) is 71.4 cm³/mol. The topological polar surface area (TPSA) is 44.5 Å². The molecule has 0 bridgehead atoms. The van der Waals surface area contributed by atoms with Gasteiger partial charge in [-0.05, 0) is 51.0 Å². The van der Waals surface area contributed by atoms with E-state index in [1.165, 1.54) is 57.8 Å². The standard InChI is InChI=1S/C15H27NO2/c16-10-12-4-3-5-14(12)17-11-13-6-9-15(18-13)7-1-2-8-15/h12-14H,1-11,16H2. The lowest BCUT2D eigenvalue weighted by Crippen LogP contribution is -2.30. The zero-order valence-electron chi connectivity index (χ0n) is 11.4. The molecule has 0 aromatic heterocycles. The first-order chi connectivity index (χ1) is 8.81. The largest absolute Gasteiger partial charge is 0.375 e. The molecule has 0 amide bonds. The molecule has 3 aliphatic rings. The summed E-state index contributed by atoms with van der Waals surface area (Å²) in [6.07, 6.45) is 12.2. The van der Waals surface area contributed by atoms with Crippen LogP contribution in [-0.2, 0) is 9.47 Å². The van der Waals surface area contributed by atoms with E-state index in [0.717, 1.165) is 13.2 Å². The summed E-state index contributed by atoms with van der Waals surface area (Å²) in [5.74, 6) is 0.590. The summed E-state index contributed by atoms with van der Waals surface area (Å²) in [4.78, 5) is 0. The Morgan fingerprint density at radius 2 is 1.89 bits per heavy atom. The molecule has 0 radical (unpaired) electrons. The van der Waals surface area contributed by atoms with Gasteiger partial charge >= 0.3 is 0 Å². The first-order valence-corrected chi connectivity index (χ1v) is 7.81. The Hall–Kier alpha value is -0.120. The van der Waals surface area contributed by atoms with E-state index in [-0.39, 0.29) is 5.60 Å². The fraction of sp³-hybridized carbons (Fsp3) is 1.00. The Labute approximate surface area is 110 Å². The molecule has 1 spiro atoms. The number of hydrogen-bond acceptors (Lipinski definition) is 3. The minimum atomic E-state index is 0.247. The zero-order chi connectivity index (χ0) is 12.4. The molecule has 3 unspecified atom stereocenters. The van der Waals surface area contributed by atoms with E-state index < -0.39 is 0 Å². The summed E-state index contributed by atoms with van der Waals surface area (Å²) in [7, 11) is 0. The van der Waals surface area contributed by atoms with Crippen LogP contribution >= 0.6 is 0 Å². The van der Waals surface area contributed by atoms with Crippen molar-refractivity contribution in [3.05, 3.63) is 0 Å². The van der Waals surface area contributed by atoms with Gasteiger partial charge in [-0.15, -0.1) is 0 Å². The van der Waals surface area contributed by atoms with Crippen LogP contribution in [0.1, 0.15) is 57.8 Å². The highest BCUT2D eigenvalue weighted by atomic mass is 16.6. The molecular formula is C15H27NO2. The van der Waals surface area contributed by atoms with Crippen molar-refractivity contribution in [1.82, 2.24) is 0 Å². The van der Waals surface area contributed by atoms with Crippen molar-refractivity contribution in [2.75, 3.05) is 13.2 Å². The van der Waals surface area contributed by atoms with Crippen LogP contribution in [0.25, 0.3) is 0 Å². The summed E-state index contributed by atoms with van der Waals surface area (Å²) in [6.45, 7) is 1.57. The van der Waals surface area contributed by atoms with Gasteiger partial charge in [-0.25, -0.2) is 0 Å². The lowest BCUT2D eigenvalue weighted by Gasteiger charge is -2.25. The highest BCUT2D eigenvalue weighted by Crippen LogP contribution is 2.43. The quantitative estimate of drug-likeness (QED) is 0.837. The van der Waals surface area contributed by atoms with Gasteiger partial charge in [0.25, 0.3) is 0 Å². The second-order valence-corrected chi connectivity index (χ2v) is 6.47. The number of nitrogens with two attached hydrogens (primary N) is 1. The Morgan fingerprint density at radius 3 is 2.67 bits per heavy atom. The van der Waals surface area contributed by atoms with Crippen LogP contribution in [0.3, 0.4) is 0 Å². The highest BCUT2D eigenvalue weighted by Gasteiger charge is 2.42. The molecule has 3 rings (SSSR count). The summed E-state index contributed by atoms with van der Waals surface area (Å²) < 4.78 is 12.4. The number of hydrogen-bond donors (Lipinski definition) is 1. The molecular weight excluding hydrogens is 226 g/mol. The van der Waals surface area contributed by atoms with Crippen LogP contribution in [0.4, 0.5) is 0 Å². The molecule has 2 N–H and O–H groups in total. The minimum absolute atomic E-state index is 0.247. The maximum atomic E-state index is 6.28. The van der Waals surface area contributed by atoms with Gasteiger partial charge in [0.2, 0.25) is 0 Å². The third-order valence-electron chi connectivity index (χ3n) is 5.24. The van der Waals surface area contributed by atoms with Gasteiger partial charge in [-0.2, -0.15) is 0 Å². The molecule has 18 heavy (non-hydrogen) atoms. The fourth-order valence-electron chi connectivity index (χ4n) is 4.12. The van der Waals surface area contributed by atoms with Crippen molar-refractivity contribution < 1.29 is 9.47 Å². The smallest absolute Gasteiger partial charge is 0.0817 e. The molecule has 3 nitrogen and oxygen atoms in total. The number of rotatable bonds is 4. The second kappa shape index (κ2) is 5.48. The Bertz CT molecular complexity index is 276. The van der Waals surface area contributed by atoms with Crippen LogP contribution in [0.2, 0.25) is 0 Å². The second-order valence-electron chi connectivity index (χ2n) is 6.47. The van der Waals surface area contributed by atoms with Crippen molar-refractivity contribution in [2.45, 2.75) is 75.6 Å². The zero-order valence-corrected chi connectivity index (χ0v) is 11.4. The third-order valence-corrected chi connectivity index (χ3v) is 5.24. The molecule has 2 aliphatic carbocycles. The molecule has 0 aromatic carbocycles. The summed E-state index contributed by atoms with van der Waals surface area (Å²) in [5.41, 5.74) is 6.04. The normalized spacial score (nSPS) is 38.8. The van der Waals surface area contributed by atoms with E-state index in [1.807, 2.05) is 0 Å². The van der Waals surface area contributed by atoms with Crippen LogP contribution in [0.5, 0.6) is 0 Å². The predicted octanol–water partition coefficient (Wildman–Crippen LogP) is 2.62. The van der Waals surface area contributed by atoms with Gasteiger partial charge in [0, 0.05) is 0 Å². The fourth-order valence-corrected chi connectivity index (χ4v) is 4.12. The maximum Gasteiger partial charge on any atom is 0.0817 e. The first-order valence-electron chi connectivity index (χ1n) is 7.81. The molecule has 1 heterocycles. The Balaban J connectivity index is 1.44. The number of ether oxygens (including phenoxy) is 2. The van der Waals surface area contributed by atoms with E-state index in [9.17, 15) is 0 Å². The summed E-state index contributed by atoms with van der Waals surface area (Å²) in [5, 5.41) is 0. The van der Waals surface area contributed by atoms with Crippen molar-refractivity contribution in [2.24, 2.45) is 11.7 Å². The maximum absolute atomic E-state index is 6.28. The third kappa shape index (κ3) is 2.59. The molecule has 1 aliphatic heterocycles. The van der Waals surface area contributed by atoms with Crippen molar-refractivity contribution in [3.63, 3.8) is 0 Å². The van der Waals surface area contributed by atoms with E-state index >= 15 is 0 Å². The van der Waals surface area contributed by atoms with Crippen LogP contribution in [-0.4, -0.2) is 31.0 Å². The van der Waals surface area contributed by atoms with Gasteiger partial charge in [0.15, 0.2) is 0 Å².